The molecule has 0 N–H and O–H groups in total. The van der Waals surface area contributed by atoms with Crippen molar-refractivity contribution in [2.45, 2.75) is 45.2 Å². The highest BCUT2D eigenvalue weighted by Crippen LogP contribution is 2.56. The lowest BCUT2D eigenvalue weighted by Gasteiger charge is -2.35. The quantitative estimate of drug-likeness (QED) is 0.659. The zero-order chi connectivity index (χ0) is 13.5. The third-order valence-electron chi connectivity index (χ3n) is 5.48. The largest absolute Gasteiger partial charge is 0.347 e. The molecule has 0 unspecified atom stereocenters. The first-order chi connectivity index (χ1) is 9.02. The van der Waals surface area contributed by atoms with Crippen molar-refractivity contribution < 1.29 is 0 Å². The molecule has 1 aliphatic heterocycles. The molecular weight excluding hydrogens is 242 g/mol. The van der Waals surface area contributed by atoms with Gasteiger partial charge in [0.15, 0.2) is 0 Å². The standard InChI is InChI=1S/C14H19N3O2/c1-7-11-9-4-5-10(6-9)12(11)8(2)17-14(19)15(3)13(18)16(7)17/h7-10H,4-6H2,1-3H3/t7-,8-,9-,10-/m0/s1. The van der Waals surface area contributed by atoms with Gasteiger partial charge in [-0.1, -0.05) is 0 Å². The predicted molar refractivity (Wildman–Crippen MR) is 71.2 cm³/mol. The van der Waals surface area contributed by atoms with E-state index in [9.17, 15) is 9.59 Å². The monoisotopic (exact) mass is 261 g/mol. The topological polar surface area (TPSA) is 48.9 Å². The van der Waals surface area contributed by atoms with Crippen LogP contribution in [0.1, 0.15) is 45.2 Å². The molecule has 102 valence electrons. The van der Waals surface area contributed by atoms with E-state index in [2.05, 4.69) is 13.8 Å². The van der Waals surface area contributed by atoms with Crippen molar-refractivity contribution in [3.8, 4) is 0 Å². The fourth-order valence-corrected chi connectivity index (χ4v) is 4.72. The van der Waals surface area contributed by atoms with Gasteiger partial charge in [0, 0.05) is 7.05 Å². The van der Waals surface area contributed by atoms with Crippen LogP contribution >= 0.6 is 0 Å². The number of aromatic nitrogens is 3. The highest BCUT2D eigenvalue weighted by molar-refractivity contribution is 5.36. The Bertz CT molecular complexity index is 661. The van der Waals surface area contributed by atoms with Gasteiger partial charge in [-0.15, -0.1) is 0 Å². The molecule has 0 amide bonds. The van der Waals surface area contributed by atoms with E-state index >= 15 is 0 Å². The second-order valence-electron chi connectivity index (χ2n) is 6.28. The van der Waals surface area contributed by atoms with Gasteiger partial charge in [0.05, 0.1) is 12.1 Å². The minimum atomic E-state index is -0.182. The number of hydrogen-bond donors (Lipinski definition) is 0. The van der Waals surface area contributed by atoms with E-state index < -0.39 is 0 Å². The number of nitrogens with zero attached hydrogens (tertiary/aromatic N) is 3. The average Bonchev–Trinajstić information content (AvgIpc) is 3.05. The Kier molecular flexibility index (Phi) is 1.98. The molecule has 2 bridgehead atoms. The molecular formula is C14H19N3O2. The summed E-state index contributed by atoms with van der Waals surface area (Å²) in [7, 11) is 1.57. The van der Waals surface area contributed by atoms with Crippen LogP contribution in [0, 0.1) is 11.8 Å². The van der Waals surface area contributed by atoms with Crippen molar-refractivity contribution in [1.82, 2.24) is 13.9 Å². The van der Waals surface area contributed by atoms with Gasteiger partial charge in [0.1, 0.15) is 0 Å². The molecule has 1 aromatic rings. The van der Waals surface area contributed by atoms with Gasteiger partial charge in [0.2, 0.25) is 0 Å². The van der Waals surface area contributed by atoms with Crippen LogP contribution in [0.5, 0.6) is 0 Å². The van der Waals surface area contributed by atoms with Crippen LogP contribution < -0.4 is 11.4 Å². The van der Waals surface area contributed by atoms with Gasteiger partial charge in [-0.3, -0.25) is 0 Å². The normalized spacial score (nSPS) is 35.7. The summed E-state index contributed by atoms with van der Waals surface area (Å²) in [4.78, 5) is 24.5. The summed E-state index contributed by atoms with van der Waals surface area (Å²) < 4.78 is 4.58. The van der Waals surface area contributed by atoms with Crippen molar-refractivity contribution in [3.05, 3.63) is 32.1 Å². The minimum absolute atomic E-state index is 0.0444. The van der Waals surface area contributed by atoms with E-state index in [0.29, 0.717) is 11.8 Å². The first kappa shape index (κ1) is 11.3. The molecule has 1 saturated carbocycles. The van der Waals surface area contributed by atoms with Crippen molar-refractivity contribution in [2.75, 3.05) is 0 Å². The van der Waals surface area contributed by atoms with Gasteiger partial charge in [-0.05, 0) is 56.1 Å². The molecule has 2 aliphatic carbocycles. The Morgan fingerprint density at radius 2 is 1.32 bits per heavy atom. The molecule has 4 atom stereocenters. The van der Waals surface area contributed by atoms with E-state index in [1.807, 2.05) is 0 Å². The molecule has 5 nitrogen and oxygen atoms in total. The van der Waals surface area contributed by atoms with Crippen LogP contribution in [-0.4, -0.2) is 13.9 Å². The summed E-state index contributed by atoms with van der Waals surface area (Å²) in [6.45, 7) is 4.14. The molecule has 0 radical (unpaired) electrons. The lowest BCUT2D eigenvalue weighted by molar-refractivity contribution is 0.317. The maximum atomic E-state index is 12.3. The lowest BCUT2D eigenvalue weighted by atomic mass is 9.83. The van der Waals surface area contributed by atoms with E-state index in [1.54, 1.807) is 16.4 Å². The van der Waals surface area contributed by atoms with Crippen LogP contribution in [-0.2, 0) is 7.05 Å². The molecule has 1 fully saturated rings. The maximum absolute atomic E-state index is 12.3. The van der Waals surface area contributed by atoms with Gasteiger partial charge in [0.25, 0.3) is 0 Å². The minimum Gasteiger partial charge on any atom is -0.246 e. The van der Waals surface area contributed by atoms with Crippen LogP contribution in [0.3, 0.4) is 0 Å². The first-order valence-corrected chi connectivity index (χ1v) is 7.16. The second kappa shape index (κ2) is 3.32. The Balaban J connectivity index is 2.03. The Labute approximate surface area is 111 Å². The third-order valence-corrected chi connectivity index (χ3v) is 5.48. The van der Waals surface area contributed by atoms with Gasteiger partial charge < -0.3 is 0 Å². The predicted octanol–water partition coefficient (Wildman–Crippen LogP) is 1.21. The summed E-state index contributed by atoms with van der Waals surface area (Å²) in [6.07, 6.45) is 3.75. The maximum Gasteiger partial charge on any atom is 0.347 e. The molecule has 0 saturated heterocycles. The van der Waals surface area contributed by atoms with E-state index in [4.69, 9.17) is 0 Å². The molecule has 0 aromatic carbocycles. The lowest BCUT2D eigenvalue weighted by Crippen LogP contribution is -2.38. The number of fused-ring (bicyclic) bond motifs is 5. The summed E-state index contributed by atoms with van der Waals surface area (Å²) in [5.41, 5.74) is 2.55. The fraction of sp³-hybridized carbons (Fsp3) is 0.714. The summed E-state index contributed by atoms with van der Waals surface area (Å²) in [6, 6.07) is 0.0887. The number of rotatable bonds is 0. The Morgan fingerprint density at radius 1 is 0.895 bits per heavy atom. The Morgan fingerprint density at radius 3 is 1.74 bits per heavy atom. The van der Waals surface area contributed by atoms with Gasteiger partial charge >= 0.3 is 11.4 Å². The smallest absolute Gasteiger partial charge is 0.246 e. The van der Waals surface area contributed by atoms with E-state index in [0.717, 1.165) is 0 Å². The average molecular weight is 261 g/mol. The highest BCUT2D eigenvalue weighted by Gasteiger charge is 2.47. The molecule has 3 aliphatic rings. The third kappa shape index (κ3) is 1.12. The molecule has 5 heteroatoms. The van der Waals surface area contributed by atoms with Crippen LogP contribution in [0.15, 0.2) is 20.7 Å². The van der Waals surface area contributed by atoms with Crippen molar-refractivity contribution in [3.63, 3.8) is 0 Å². The van der Waals surface area contributed by atoms with E-state index in [-0.39, 0.29) is 23.5 Å². The van der Waals surface area contributed by atoms with Gasteiger partial charge in [-0.2, -0.15) is 0 Å². The zero-order valence-corrected chi connectivity index (χ0v) is 11.6. The summed E-state index contributed by atoms with van der Waals surface area (Å²) >= 11 is 0. The molecule has 2 heterocycles. The summed E-state index contributed by atoms with van der Waals surface area (Å²) in [5.74, 6) is 1.29. The second-order valence-corrected chi connectivity index (χ2v) is 6.28. The van der Waals surface area contributed by atoms with Crippen molar-refractivity contribution in [2.24, 2.45) is 18.9 Å². The molecule has 1 aromatic heterocycles. The number of hydrogen-bond acceptors (Lipinski definition) is 2. The summed E-state index contributed by atoms with van der Waals surface area (Å²) in [5, 5.41) is 0. The van der Waals surface area contributed by atoms with Crippen LogP contribution in [0.25, 0.3) is 0 Å². The van der Waals surface area contributed by atoms with Gasteiger partial charge in [-0.25, -0.2) is 23.5 Å². The van der Waals surface area contributed by atoms with E-state index in [1.165, 1.54) is 35.0 Å². The zero-order valence-electron chi connectivity index (χ0n) is 11.6. The molecule has 4 rings (SSSR count). The van der Waals surface area contributed by atoms with Crippen LogP contribution in [0.4, 0.5) is 0 Å². The van der Waals surface area contributed by atoms with Crippen molar-refractivity contribution in [1.29, 1.82) is 0 Å². The van der Waals surface area contributed by atoms with Crippen LogP contribution in [0.2, 0.25) is 0 Å². The molecule has 0 spiro atoms. The highest BCUT2D eigenvalue weighted by atomic mass is 16.2. The fourth-order valence-electron chi connectivity index (χ4n) is 4.72. The van der Waals surface area contributed by atoms with Crippen molar-refractivity contribution >= 4 is 0 Å². The Hall–Kier alpha value is -1.52. The molecule has 19 heavy (non-hydrogen) atoms. The first-order valence-electron chi connectivity index (χ1n) is 7.16. The SMILES string of the molecule is C[C@H]1C2=C([C@H]3CC[C@H]2C3)[C@H](C)n2c(=O)n(C)c(=O)n21. The number of allylic oxidation sites excluding steroid dienone is 2.